The maximum absolute atomic E-state index is 13.1. The van der Waals surface area contributed by atoms with E-state index >= 15 is 0 Å². The van der Waals surface area contributed by atoms with Gasteiger partial charge in [0.25, 0.3) is 5.91 Å². The highest BCUT2D eigenvalue weighted by atomic mass is 32.1. The fourth-order valence-corrected chi connectivity index (χ4v) is 4.82. The van der Waals surface area contributed by atoms with Crippen LogP contribution in [0.1, 0.15) is 53.5 Å². The molecule has 168 valence electrons. The smallest absolute Gasteiger partial charge is 0.265 e. The van der Waals surface area contributed by atoms with E-state index < -0.39 is 0 Å². The van der Waals surface area contributed by atoms with Gasteiger partial charge in [0.15, 0.2) is 0 Å². The molecular formula is C24H33N3O3S. The molecule has 1 fully saturated rings. The number of hydrogen-bond acceptors (Lipinski definition) is 5. The van der Waals surface area contributed by atoms with Gasteiger partial charge in [0.1, 0.15) is 9.88 Å². The lowest BCUT2D eigenvalue weighted by Crippen LogP contribution is -2.39. The number of likely N-dealkylation sites (tertiary alicyclic amines) is 1. The second-order valence-corrected chi connectivity index (χ2v) is 9.14. The van der Waals surface area contributed by atoms with Crippen LogP contribution in [0.15, 0.2) is 24.3 Å². The highest BCUT2D eigenvalue weighted by molar-refractivity contribution is 7.17. The van der Waals surface area contributed by atoms with Crippen molar-refractivity contribution in [3.63, 3.8) is 0 Å². The molecule has 0 radical (unpaired) electrons. The first-order chi connectivity index (χ1) is 15.0. The van der Waals surface area contributed by atoms with E-state index in [1.807, 2.05) is 18.7 Å². The lowest BCUT2D eigenvalue weighted by molar-refractivity contribution is -0.122. The number of piperidine rings is 1. The van der Waals surface area contributed by atoms with Crippen LogP contribution in [0.4, 0.5) is 0 Å². The third-order valence-electron chi connectivity index (χ3n) is 5.66. The molecular weight excluding hydrogens is 410 g/mol. The van der Waals surface area contributed by atoms with Crippen LogP contribution >= 0.6 is 11.3 Å². The van der Waals surface area contributed by atoms with Crippen molar-refractivity contribution in [3.05, 3.63) is 40.4 Å². The van der Waals surface area contributed by atoms with Crippen molar-refractivity contribution in [1.82, 2.24) is 15.2 Å². The van der Waals surface area contributed by atoms with Crippen LogP contribution in [0.2, 0.25) is 0 Å². The SMILES string of the molecule is CCOCCCNC(=O)CC1CCN(C(=O)c2sc(-c3ccc(C)cc3)nc2C)CC1. The van der Waals surface area contributed by atoms with Crippen LogP contribution in [-0.4, -0.2) is 54.5 Å². The monoisotopic (exact) mass is 443 g/mol. The predicted molar refractivity (Wildman–Crippen MR) is 124 cm³/mol. The molecule has 2 amide bonds. The Morgan fingerprint density at radius 3 is 2.58 bits per heavy atom. The number of thiazole rings is 1. The topological polar surface area (TPSA) is 71.5 Å². The molecule has 1 saturated heterocycles. The average molecular weight is 444 g/mol. The number of carbonyl (C=O) groups is 2. The molecule has 0 saturated carbocycles. The number of carbonyl (C=O) groups excluding carboxylic acids is 2. The molecule has 1 aromatic heterocycles. The van der Waals surface area contributed by atoms with Crippen molar-refractivity contribution < 1.29 is 14.3 Å². The third kappa shape index (κ3) is 6.61. The van der Waals surface area contributed by atoms with E-state index in [1.165, 1.54) is 16.9 Å². The summed E-state index contributed by atoms with van der Waals surface area (Å²) >= 11 is 1.47. The quantitative estimate of drug-likeness (QED) is 0.589. The summed E-state index contributed by atoms with van der Waals surface area (Å²) in [6, 6.07) is 8.23. The van der Waals surface area contributed by atoms with Crippen LogP contribution in [0.5, 0.6) is 0 Å². The zero-order valence-electron chi connectivity index (χ0n) is 18.8. The normalized spacial score (nSPS) is 14.6. The molecule has 31 heavy (non-hydrogen) atoms. The van der Waals surface area contributed by atoms with E-state index in [2.05, 4.69) is 41.5 Å². The first-order valence-electron chi connectivity index (χ1n) is 11.2. The number of rotatable bonds is 9. The van der Waals surface area contributed by atoms with Crippen LogP contribution in [-0.2, 0) is 9.53 Å². The molecule has 0 bridgehead atoms. The van der Waals surface area contributed by atoms with Gasteiger partial charge in [-0.2, -0.15) is 0 Å². The van der Waals surface area contributed by atoms with E-state index in [4.69, 9.17) is 4.74 Å². The lowest BCUT2D eigenvalue weighted by Gasteiger charge is -2.31. The molecule has 6 nitrogen and oxygen atoms in total. The Bertz CT molecular complexity index is 871. The van der Waals surface area contributed by atoms with Crippen molar-refractivity contribution in [3.8, 4) is 10.6 Å². The number of ether oxygens (including phenoxy) is 1. The Labute approximate surface area is 189 Å². The van der Waals surface area contributed by atoms with Crippen molar-refractivity contribution in [2.75, 3.05) is 32.8 Å². The maximum atomic E-state index is 13.1. The maximum Gasteiger partial charge on any atom is 0.265 e. The minimum absolute atomic E-state index is 0.0622. The molecule has 2 heterocycles. The van der Waals surface area contributed by atoms with Crippen LogP contribution < -0.4 is 5.32 Å². The molecule has 0 unspecified atom stereocenters. The highest BCUT2D eigenvalue weighted by Crippen LogP contribution is 2.30. The standard InChI is InChI=1S/C24H33N3O3S/c1-4-30-15-5-12-25-21(28)16-19-10-13-27(14-11-19)24(29)22-18(3)26-23(31-22)20-8-6-17(2)7-9-20/h6-9,19H,4-5,10-16H2,1-3H3,(H,25,28). The van der Waals surface area contributed by atoms with Gasteiger partial charge in [-0.15, -0.1) is 11.3 Å². The summed E-state index contributed by atoms with van der Waals surface area (Å²) in [4.78, 5) is 32.5. The Morgan fingerprint density at radius 2 is 1.90 bits per heavy atom. The molecule has 0 spiro atoms. The van der Waals surface area contributed by atoms with Gasteiger partial charge >= 0.3 is 0 Å². The fourth-order valence-electron chi connectivity index (χ4n) is 3.78. The largest absolute Gasteiger partial charge is 0.382 e. The van der Waals surface area contributed by atoms with Crippen molar-refractivity contribution in [2.45, 2.75) is 46.5 Å². The summed E-state index contributed by atoms with van der Waals surface area (Å²) in [6.07, 6.45) is 3.10. The van der Waals surface area contributed by atoms with E-state index in [1.54, 1.807) is 0 Å². The Kier molecular flexibility index (Phi) is 8.60. The first kappa shape index (κ1) is 23.4. The van der Waals surface area contributed by atoms with Crippen LogP contribution in [0.25, 0.3) is 10.6 Å². The van der Waals surface area contributed by atoms with Gasteiger partial charge in [-0.05, 0) is 46.0 Å². The molecule has 7 heteroatoms. The number of amides is 2. The van der Waals surface area contributed by atoms with Crippen LogP contribution in [0, 0.1) is 19.8 Å². The number of nitrogens with one attached hydrogen (secondary N) is 1. The van der Waals surface area contributed by atoms with Crippen molar-refractivity contribution in [2.24, 2.45) is 5.92 Å². The molecule has 0 aliphatic carbocycles. The molecule has 2 aromatic rings. The van der Waals surface area contributed by atoms with E-state index in [0.717, 1.165) is 40.4 Å². The van der Waals surface area contributed by atoms with E-state index in [9.17, 15) is 9.59 Å². The average Bonchev–Trinajstić information content (AvgIpc) is 3.15. The summed E-state index contributed by atoms with van der Waals surface area (Å²) in [5.74, 6) is 0.496. The number of benzene rings is 1. The van der Waals surface area contributed by atoms with Crippen molar-refractivity contribution in [1.29, 1.82) is 0 Å². The zero-order valence-corrected chi connectivity index (χ0v) is 19.6. The van der Waals surface area contributed by atoms with Gasteiger partial charge in [0.05, 0.1) is 5.69 Å². The number of aryl methyl sites for hydroxylation is 2. The summed E-state index contributed by atoms with van der Waals surface area (Å²) in [6.45, 7) is 9.36. The lowest BCUT2D eigenvalue weighted by atomic mass is 9.93. The van der Waals surface area contributed by atoms with E-state index in [0.29, 0.717) is 45.2 Å². The molecule has 1 aliphatic rings. The van der Waals surface area contributed by atoms with Gasteiger partial charge < -0.3 is 15.0 Å². The fraction of sp³-hybridized carbons (Fsp3) is 0.542. The summed E-state index contributed by atoms with van der Waals surface area (Å²) < 4.78 is 5.28. The van der Waals surface area contributed by atoms with Gasteiger partial charge in [0.2, 0.25) is 5.91 Å². The van der Waals surface area contributed by atoms with E-state index in [-0.39, 0.29) is 11.8 Å². The second-order valence-electron chi connectivity index (χ2n) is 8.14. The predicted octanol–water partition coefficient (Wildman–Crippen LogP) is 4.21. The second kappa shape index (κ2) is 11.4. The Hall–Kier alpha value is -2.25. The number of aromatic nitrogens is 1. The van der Waals surface area contributed by atoms with Gasteiger partial charge in [-0.25, -0.2) is 4.98 Å². The number of hydrogen-bond donors (Lipinski definition) is 1. The van der Waals surface area contributed by atoms with Gasteiger partial charge in [-0.3, -0.25) is 9.59 Å². The van der Waals surface area contributed by atoms with Crippen LogP contribution in [0.3, 0.4) is 0 Å². The first-order valence-corrected chi connectivity index (χ1v) is 12.0. The molecule has 1 aliphatic heterocycles. The van der Waals surface area contributed by atoms with Gasteiger partial charge in [-0.1, -0.05) is 29.8 Å². The zero-order chi connectivity index (χ0) is 22.2. The molecule has 3 rings (SSSR count). The molecule has 1 aromatic carbocycles. The summed E-state index contributed by atoms with van der Waals surface area (Å²) in [5.41, 5.74) is 3.04. The minimum atomic E-state index is 0.0622. The van der Waals surface area contributed by atoms with Gasteiger partial charge in [0, 0.05) is 44.8 Å². The number of nitrogens with zero attached hydrogens (tertiary/aromatic N) is 2. The molecule has 0 atom stereocenters. The Morgan fingerprint density at radius 1 is 1.19 bits per heavy atom. The van der Waals surface area contributed by atoms with Crippen molar-refractivity contribution >= 4 is 23.2 Å². The highest BCUT2D eigenvalue weighted by Gasteiger charge is 2.27. The minimum Gasteiger partial charge on any atom is -0.382 e. The summed E-state index contributed by atoms with van der Waals surface area (Å²) in [5, 5.41) is 3.86. The Balaban J connectivity index is 1.48. The summed E-state index contributed by atoms with van der Waals surface area (Å²) in [7, 11) is 0. The third-order valence-corrected chi connectivity index (χ3v) is 6.85. The molecule has 1 N–H and O–H groups in total.